The van der Waals surface area contributed by atoms with Gasteiger partial charge in [-0.1, -0.05) is 60.2 Å². The second-order valence-electron chi connectivity index (χ2n) is 6.35. The molecule has 0 atom stereocenters. The lowest BCUT2D eigenvalue weighted by molar-refractivity contribution is 0.310. The number of hydrogen-bond acceptors (Lipinski definition) is 1. The SMILES string of the molecule is CC(C)(NCCC1CCCCC1)c1ccc(Br)cc1. The van der Waals surface area contributed by atoms with Gasteiger partial charge >= 0.3 is 0 Å². The molecule has 1 aromatic rings. The standard InChI is InChI=1S/C17H26BrN/c1-17(2,15-8-10-16(18)11-9-15)19-13-12-14-6-4-3-5-7-14/h8-11,14,19H,3-7,12-13H2,1-2H3. The molecule has 0 aliphatic heterocycles. The predicted octanol–water partition coefficient (Wildman–Crippen LogP) is 5.24. The molecule has 0 unspecified atom stereocenters. The summed E-state index contributed by atoms with van der Waals surface area (Å²) in [7, 11) is 0. The van der Waals surface area contributed by atoms with Crippen LogP contribution in [0.3, 0.4) is 0 Å². The molecule has 19 heavy (non-hydrogen) atoms. The molecule has 1 aliphatic carbocycles. The fourth-order valence-corrected chi connectivity index (χ4v) is 3.30. The van der Waals surface area contributed by atoms with Crippen LogP contribution in [0.25, 0.3) is 0 Å². The molecule has 1 nitrogen and oxygen atoms in total. The molecule has 1 aliphatic rings. The van der Waals surface area contributed by atoms with Gasteiger partial charge in [-0.3, -0.25) is 0 Å². The van der Waals surface area contributed by atoms with E-state index in [0.29, 0.717) is 0 Å². The Labute approximate surface area is 126 Å². The lowest BCUT2D eigenvalue weighted by Gasteiger charge is -2.29. The van der Waals surface area contributed by atoms with E-state index in [4.69, 9.17) is 0 Å². The Kier molecular flexibility index (Phi) is 5.47. The van der Waals surface area contributed by atoms with Crippen molar-refractivity contribution in [2.24, 2.45) is 5.92 Å². The van der Waals surface area contributed by atoms with Crippen molar-refractivity contribution in [1.82, 2.24) is 5.32 Å². The van der Waals surface area contributed by atoms with Gasteiger partial charge in [0.2, 0.25) is 0 Å². The molecule has 2 heteroatoms. The van der Waals surface area contributed by atoms with Gasteiger partial charge in [-0.25, -0.2) is 0 Å². The number of hydrogen-bond donors (Lipinski definition) is 1. The molecular weight excluding hydrogens is 298 g/mol. The highest BCUT2D eigenvalue weighted by atomic mass is 79.9. The van der Waals surface area contributed by atoms with Crippen LogP contribution in [0.4, 0.5) is 0 Å². The molecule has 0 radical (unpaired) electrons. The van der Waals surface area contributed by atoms with Gasteiger partial charge < -0.3 is 5.32 Å². The zero-order valence-electron chi connectivity index (χ0n) is 12.2. The largest absolute Gasteiger partial charge is 0.308 e. The summed E-state index contributed by atoms with van der Waals surface area (Å²) in [5.74, 6) is 0.960. The minimum atomic E-state index is 0.0648. The summed E-state index contributed by atoms with van der Waals surface area (Å²) < 4.78 is 1.15. The molecule has 0 amide bonds. The van der Waals surface area contributed by atoms with E-state index < -0.39 is 0 Å². The summed E-state index contributed by atoms with van der Waals surface area (Å²) in [4.78, 5) is 0. The van der Waals surface area contributed by atoms with Crippen LogP contribution in [0, 0.1) is 5.92 Å². The molecule has 1 aromatic carbocycles. The van der Waals surface area contributed by atoms with Crippen molar-refractivity contribution in [2.45, 2.75) is 57.9 Å². The average molecular weight is 324 g/mol. The van der Waals surface area contributed by atoms with Gasteiger partial charge in [-0.05, 0) is 50.4 Å². The highest BCUT2D eigenvalue weighted by molar-refractivity contribution is 9.10. The third kappa shape index (κ3) is 4.61. The number of halogens is 1. The van der Waals surface area contributed by atoms with Gasteiger partial charge in [0.25, 0.3) is 0 Å². The van der Waals surface area contributed by atoms with E-state index in [2.05, 4.69) is 59.4 Å². The first-order chi connectivity index (χ1) is 9.08. The van der Waals surface area contributed by atoms with E-state index in [1.165, 1.54) is 44.1 Å². The first-order valence-electron chi connectivity index (χ1n) is 7.59. The Morgan fingerprint density at radius 2 is 1.74 bits per heavy atom. The zero-order valence-corrected chi connectivity index (χ0v) is 13.8. The molecular formula is C17H26BrN. The quantitative estimate of drug-likeness (QED) is 0.780. The van der Waals surface area contributed by atoms with Crippen molar-refractivity contribution in [3.63, 3.8) is 0 Å². The summed E-state index contributed by atoms with van der Waals surface area (Å²) in [5.41, 5.74) is 1.43. The fraction of sp³-hybridized carbons (Fsp3) is 0.647. The number of nitrogens with one attached hydrogen (secondary N) is 1. The van der Waals surface area contributed by atoms with Crippen molar-refractivity contribution in [3.05, 3.63) is 34.3 Å². The minimum absolute atomic E-state index is 0.0648. The second kappa shape index (κ2) is 6.90. The van der Waals surface area contributed by atoms with Crippen LogP contribution in [0.2, 0.25) is 0 Å². The molecule has 0 bridgehead atoms. The summed E-state index contributed by atoms with van der Waals surface area (Å²) in [6.45, 7) is 5.68. The topological polar surface area (TPSA) is 12.0 Å². The molecule has 2 rings (SSSR count). The van der Waals surface area contributed by atoms with Crippen LogP contribution in [0.1, 0.15) is 57.9 Å². The van der Waals surface area contributed by atoms with Crippen LogP contribution >= 0.6 is 15.9 Å². The smallest absolute Gasteiger partial charge is 0.0377 e. The first kappa shape index (κ1) is 15.1. The van der Waals surface area contributed by atoms with E-state index in [9.17, 15) is 0 Å². The van der Waals surface area contributed by atoms with E-state index in [0.717, 1.165) is 16.9 Å². The van der Waals surface area contributed by atoms with Crippen molar-refractivity contribution >= 4 is 15.9 Å². The fourth-order valence-electron chi connectivity index (χ4n) is 3.03. The first-order valence-corrected chi connectivity index (χ1v) is 8.38. The maximum Gasteiger partial charge on any atom is 0.0377 e. The highest BCUT2D eigenvalue weighted by Crippen LogP contribution is 2.27. The van der Waals surface area contributed by atoms with E-state index in [1.54, 1.807) is 0 Å². The molecule has 0 saturated heterocycles. The lowest BCUT2D eigenvalue weighted by Crippen LogP contribution is -2.37. The maximum absolute atomic E-state index is 3.73. The van der Waals surface area contributed by atoms with Gasteiger partial charge in [0.05, 0.1) is 0 Å². The van der Waals surface area contributed by atoms with Crippen molar-refractivity contribution in [3.8, 4) is 0 Å². The Bertz CT molecular complexity index is 377. The van der Waals surface area contributed by atoms with Crippen molar-refractivity contribution < 1.29 is 0 Å². The van der Waals surface area contributed by atoms with Crippen LogP contribution < -0.4 is 5.32 Å². The Morgan fingerprint density at radius 1 is 1.11 bits per heavy atom. The summed E-state index contributed by atoms with van der Waals surface area (Å²) in [6, 6.07) is 8.66. The summed E-state index contributed by atoms with van der Waals surface area (Å²) in [5, 5.41) is 3.73. The van der Waals surface area contributed by atoms with Gasteiger partial charge in [-0.15, -0.1) is 0 Å². The molecule has 0 spiro atoms. The van der Waals surface area contributed by atoms with Crippen LogP contribution in [-0.4, -0.2) is 6.54 Å². The van der Waals surface area contributed by atoms with E-state index in [-0.39, 0.29) is 5.54 Å². The molecule has 106 valence electrons. The Balaban J connectivity index is 1.81. The molecule has 0 heterocycles. The van der Waals surface area contributed by atoms with Gasteiger partial charge in [-0.2, -0.15) is 0 Å². The van der Waals surface area contributed by atoms with Gasteiger partial charge in [0.1, 0.15) is 0 Å². The molecule has 0 aromatic heterocycles. The summed E-state index contributed by atoms with van der Waals surface area (Å²) >= 11 is 3.50. The van der Waals surface area contributed by atoms with Crippen LogP contribution in [0.15, 0.2) is 28.7 Å². The van der Waals surface area contributed by atoms with Crippen LogP contribution in [-0.2, 0) is 5.54 Å². The maximum atomic E-state index is 3.73. The van der Waals surface area contributed by atoms with Crippen LogP contribution in [0.5, 0.6) is 0 Å². The third-order valence-electron chi connectivity index (χ3n) is 4.41. The summed E-state index contributed by atoms with van der Waals surface area (Å²) in [6.07, 6.45) is 8.57. The van der Waals surface area contributed by atoms with Crippen molar-refractivity contribution in [1.29, 1.82) is 0 Å². The predicted molar refractivity (Wildman–Crippen MR) is 86.4 cm³/mol. The lowest BCUT2D eigenvalue weighted by atomic mass is 9.86. The average Bonchev–Trinajstić information content (AvgIpc) is 2.40. The van der Waals surface area contributed by atoms with Crippen molar-refractivity contribution in [2.75, 3.05) is 6.54 Å². The van der Waals surface area contributed by atoms with E-state index in [1.807, 2.05) is 0 Å². The monoisotopic (exact) mass is 323 g/mol. The second-order valence-corrected chi connectivity index (χ2v) is 7.27. The molecule has 1 fully saturated rings. The normalized spacial score (nSPS) is 17.6. The number of benzene rings is 1. The minimum Gasteiger partial charge on any atom is -0.308 e. The molecule has 1 N–H and O–H groups in total. The number of rotatable bonds is 5. The third-order valence-corrected chi connectivity index (χ3v) is 4.94. The Morgan fingerprint density at radius 3 is 2.37 bits per heavy atom. The van der Waals surface area contributed by atoms with E-state index >= 15 is 0 Å². The zero-order chi connectivity index (χ0) is 13.7. The van der Waals surface area contributed by atoms with Gasteiger partial charge in [0.15, 0.2) is 0 Å². The van der Waals surface area contributed by atoms with Gasteiger partial charge in [0, 0.05) is 10.0 Å². The molecule has 1 saturated carbocycles. The Hall–Kier alpha value is -0.340. The highest BCUT2D eigenvalue weighted by Gasteiger charge is 2.20.